The summed E-state index contributed by atoms with van der Waals surface area (Å²) in [5.41, 5.74) is 2.67. The van der Waals surface area contributed by atoms with Gasteiger partial charge in [0.15, 0.2) is 0 Å². The van der Waals surface area contributed by atoms with Gasteiger partial charge in [-0.05, 0) is 24.5 Å². The quantitative estimate of drug-likeness (QED) is 0.746. The van der Waals surface area contributed by atoms with Crippen molar-refractivity contribution < 1.29 is 0 Å². The van der Waals surface area contributed by atoms with E-state index in [1.807, 2.05) is 0 Å². The Morgan fingerprint density at radius 1 is 0.947 bits per heavy atom. The molecule has 1 N–H and O–H groups in total. The third kappa shape index (κ3) is 4.38. The molecular formula is C18H21N. The summed E-state index contributed by atoms with van der Waals surface area (Å²) in [5.74, 6) is 0. The summed E-state index contributed by atoms with van der Waals surface area (Å²) in [6.45, 7) is 2.97. The molecule has 1 nitrogen and oxygen atoms in total. The molecule has 0 aliphatic heterocycles. The van der Waals surface area contributed by atoms with Crippen molar-refractivity contribution in [3.63, 3.8) is 0 Å². The second kappa shape index (κ2) is 7.55. The Morgan fingerprint density at radius 3 is 2.21 bits per heavy atom. The summed E-state index contributed by atoms with van der Waals surface area (Å²) >= 11 is 0. The van der Waals surface area contributed by atoms with Gasteiger partial charge in [-0.15, -0.1) is 0 Å². The van der Waals surface area contributed by atoms with Crippen LogP contribution in [0.2, 0.25) is 0 Å². The molecule has 0 heterocycles. The largest absolute Gasteiger partial charge is 0.306 e. The van der Waals surface area contributed by atoms with Gasteiger partial charge in [-0.2, -0.15) is 0 Å². The van der Waals surface area contributed by atoms with E-state index in [-0.39, 0.29) is 0 Å². The van der Waals surface area contributed by atoms with Gasteiger partial charge in [-0.1, -0.05) is 72.8 Å². The van der Waals surface area contributed by atoms with E-state index in [4.69, 9.17) is 0 Å². The summed E-state index contributed by atoms with van der Waals surface area (Å²) in [5, 5.41) is 3.64. The highest BCUT2D eigenvalue weighted by molar-refractivity contribution is 5.21. The minimum atomic E-state index is 0.373. The summed E-state index contributed by atoms with van der Waals surface area (Å²) < 4.78 is 0. The van der Waals surface area contributed by atoms with E-state index in [1.54, 1.807) is 0 Å². The van der Waals surface area contributed by atoms with E-state index in [0.717, 1.165) is 13.0 Å². The van der Waals surface area contributed by atoms with Gasteiger partial charge in [0, 0.05) is 12.6 Å². The average molecular weight is 251 g/mol. The summed E-state index contributed by atoms with van der Waals surface area (Å²) in [4.78, 5) is 0. The third-order valence-corrected chi connectivity index (χ3v) is 3.20. The number of allylic oxidation sites excluding steroid dienone is 1. The zero-order valence-electron chi connectivity index (χ0n) is 11.4. The molecule has 0 saturated carbocycles. The molecule has 19 heavy (non-hydrogen) atoms. The molecule has 2 rings (SSSR count). The van der Waals surface area contributed by atoms with Crippen LogP contribution in [-0.4, -0.2) is 0 Å². The number of benzene rings is 2. The second-order valence-corrected chi connectivity index (χ2v) is 4.63. The first-order valence-electron chi connectivity index (χ1n) is 6.83. The number of hydrogen-bond donors (Lipinski definition) is 1. The van der Waals surface area contributed by atoms with Crippen LogP contribution in [0.25, 0.3) is 0 Å². The van der Waals surface area contributed by atoms with Crippen molar-refractivity contribution in [1.29, 1.82) is 0 Å². The van der Waals surface area contributed by atoms with E-state index in [2.05, 4.69) is 85.1 Å². The normalized spacial score (nSPS) is 12.7. The molecule has 0 bridgehead atoms. The highest BCUT2D eigenvalue weighted by Crippen LogP contribution is 2.17. The maximum atomic E-state index is 3.64. The van der Waals surface area contributed by atoms with Gasteiger partial charge in [0.05, 0.1) is 0 Å². The third-order valence-electron chi connectivity index (χ3n) is 3.20. The Balaban J connectivity index is 2.02. The van der Waals surface area contributed by atoms with Crippen molar-refractivity contribution in [3.05, 3.63) is 83.9 Å². The maximum Gasteiger partial charge on any atom is 0.0357 e. The van der Waals surface area contributed by atoms with Gasteiger partial charge in [0.2, 0.25) is 0 Å². The Bertz CT molecular complexity index is 488. The summed E-state index contributed by atoms with van der Waals surface area (Å²) in [7, 11) is 0. The topological polar surface area (TPSA) is 12.0 Å². The summed E-state index contributed by atoms with van der Waals surface area (Å²) in [6.07, 6.45) is 5.35. The Kier molecular flexibility index (Phi) is 5.39. The molecule has 98 valence electrons. The van der Waals surface area contributed by atoms with Crippen LogP contribution in [0.3, 0.4) is 0 Å². The number of nitrogens with one attached hydrogen (secondary N) is 1. The van der Waals surface area contributed by atoms with Gasteiger partial charge in [0.1, 0.15) is 0 Å². The van der Waals surface area contributed by atoms with Gasteiger partial charge in [-0.25, -0.2) is 0 Å². The number of rotatable bonds is 6. The fourth-order valence-corrected chi connectivity index (χ4v) is 2.13. The monoisotopic (exact) mass is 251 g/mol. The molecule has 2 aromatic carbocycles. The molecule has 0 amide bonds. The first-order chi connectivity index (χ1) is 9.40. The van der Waals surface area contributed by atoms with Gasteiger partial charge >= 0.3 is 0 Å². The highest BCUT2D eigenvalue weighted by Gasteiger charge is 2.08. The van der Waals surface area contributed by atoms with E-state index in [1.165, 1.54) is 11.1 Å². The van der Waals surface area contributed by atoms with Gasteiger partial charge in [-0.3, -0.25) is 0 Å². The standard InChI is InChI=1S/C18H21N/c1-2-3-14-18(17-12-8-5-9-13-17)19-15-16-10-6-4-7-11-16/h2-13,18-19H,14-15H2,1H3/b3-2+. The van der Waals surface area contributed by atoms with Crippen LogP contribution in [0.15, 0.2) is 72.8 Å². The predicted molar refractivity (Wildman–Crippen MR) is 81.9 cm³/mol. The van der Waals surface area contributed by atoms with Crippen molar-refractivity contribution in [2.75, 3.05) is 0 Å². The Hall–Kier alpha value is -1.86. The lowest BCUT2D eigenvalue weighted by Crippen LogP contribution is -2.20. The fourth-order valence-electron chi connectivity index (χ4n) is 2.13. The lowest BCUT2D eigenvalue weighted by Gasteiger charge is -2.18. The van der Waals surface area contributed by atoms with Crippen molar-refractivity contribution in [2.24, 2.45) is 0 Å². The van der Waals surface area contributed by atoms with Gasteiger partial charge < -0.3 is 5.32 Å². The van der Waals surface area contributed by atoms with E-state index < -0.39 is 0 Å². The van der Waals surface area contributed by atoms with Gasteiger partial charge in [0.25, 0.3) is 0 Å². The molecule has 0 aliphatic carbocycles. The van der Waals surface area contributed by atoms with Crippen molar-refractivity contribution in [3.8, 4) is 0 Å². The van der Waals surface area contributed by atoms with Crippen LogP contribution in [0.4, 0.5) is 0 Å². The molecule has 1 heteroatoms. The molecular weight excluding hydrogens is 230 g/mol. The van der Waals surface area contributed by atoms with Crippen LogP contribution >= 0.6 is 0 Å². The Labute approximate surface area is 116 Å². The molecule has 2 aromatic rings. The molecule has 0 aliphatic rings. The Morgan fingerprint density at radius 2 is 1.58 bits per heavy atom. The van der Waals surface area contributed by atoms with Crippen LogP contribution < -0.4 is 5.32 Å². The lowest BCUT2D eigenvalue weighted by molar-refractivity contribution is 0.538. The van der Waals surface area contributed by atoms with E-state index >= 15 is 0 Å². The molecule has 0 fully saturated rings. The molecule has 0 saturated heterocycles. The molecule has 0 spiro atoms. The molecule has 1 atom stereocenters. The van der Waals surface area contributed by atoms with Crippen LogP contribution in [0, 0.1) is 0 Å². The van der Waals surface area contributed by atoms with E-state index in [0.29, 0.717) is 6.04 Å². The minimum absolute atomic E-state index is 0.373. The zero-order chi connectivity index (χ0) is 13.3. The number of hydrogen-bond acceptors (Lipinski definition) is 1. The first kappa shape index (κ1) is 13.6. The van der Waals surface area contributed by atoms with Crippen LogP contribution in [0.1, 0.15) is 30.5 Å². The second-order valence-electron chi connectivity index (χ2n) is 4.63. The van der Waals surface area contributed by atoms with Crippen LogP contribution in [0.5, 0.6) is 0 Å². The van der Waals surface area contributed by atoms with Crippen molar-refractivity contribution in [1.82, 2.24) is 5.32 Å². The average Bonchev–Trinajstić information content (AvgIpc) is 2.49. The lowest BCUT2D eigenvalue weighted by atomic mass is 10.0. The van der Waals surface area contributed by atoms with Crippen molar-refractivity contribution >= 4 is 0 Å². The van der Waals surface area contributed by atoms with E-state index in [9.17, 15) is 0 Å². The van der Waals surface area contributed by atoms with Crippen LogP contribution in [-0.2, 0) is 6.54 Å². The maximum absolute atomic E-state index is 3.64. The fraction of sp³-hybridized carbons (Fsp3) is 0.222. The smallest absolute Gasteiger partial charge is 0.0357 e. The predicted octanol–water partition coefficient (Wildman–Crippen LogP) is 4.48. The molecule has 1 unspecified atom stereocenters. The minimum Gasteiger partial charge on any atom is -0.306 e. The summed E-state index contributed by atoms with van der Waals surface area (Å²) in [6, 6.07) is 21.5. The van der Waals surface area contributed by atoms with Crippen molar-refractivity contribution in [2.45, 2.75) is 25.9 Å². The highest BCUT2D eigenvalue weighted by atomic mass is 14.9. The molecule has 0 radical (unpaired) electrons. The molecule has 0 aromatic heterocycles. The zero-order valence-corrected chi connectivity index (χ0v) is 11.4. The first-order valence-corrected chi connectivity index (χ1v) is 6.83. The SMILES string of the molecule is C/C=C/CC(NCc1ccccc1)c1ccccc1.